The third kappa shape index (κ3) is 3.10. The molecule has 4 aromatic rings. The van der Waals surface area contributed by atoms with Crippen LogP contribution in [0.3, 0.4) is 0 Å². The summed E-state index contributed by atoms with van der Waals surface area (Å²) in [5, 5.41) is 9.40. The fourth-order valence-electron chi connectivity index (χ4n) is 3.38. The Morgan fingerprint density at radius 2 is 1.71 bits per heavy atom. The van der Waals surface area contributed by atoms with Gasteiger partial charge in [-0.3, -0.25) is 0 Å². The molecule has 2 aromatic heterocycles. The number of anilines is 1. The molecule has 0 amide bonds. The molecule has 0 radical (unpaired) electrons. The van der Waals surface area contributed by atoms with Crippen molar-refractivity contribution in [1.29, 1.82) is 0 Å². The highest BCUT2D eigenvalue weighted by Crippen LogP contribution is 2.29. The third-order valence-electron chi connectivity index (χ3n) is 4.78. The van der Waals surface area contributed by atoms with Gasteiger partial charge in [0.1, 0.15) is 5.82 Å². The molecule has 2 aromatic carbocycles. The SMILES string of the molecule is Cc1cccc(-c2nnc(-c3nc(N4CCOCC4)c4ccccc4n3)o2)c1. The molecule has 0 bridgehead atoms. The second-order valence-corrected chi connectivity index (χ2v) is 6.77. The number of para-hydroxylation sites is 1. The highest BCUT2D eigenvalue weighted by atomic mass is 16.5. The van der Waals surface area contributed by atoms with E-state index in [1.54, 1.807) is 0 Å². The van der Waals surface area contributed by atoms with E-state index in [9.17, 15) is 0 Å². The lowest BCUT2D eigenvalue weighted by atomic mass is 10.1. The van der Waals surface area contributed by atoms with Crippen molar-refractivity contribution in [3.05, 3.63) is 54.1 Å². The van der Waals surface area contributed by atoms with Crippen molar-refractivity contribution in [2.75, 3.05) is 31.2 Å². The van der Waals surface area contributed by atoms with Crippen LogP contribution in [0.15, 0.2) is 52.9 Å². The molecule has 140 valence electrons. The molecule has 0 saturated carbocycles. The van der Waals surface area contributed by atoms with Gasteiger partial charge in [0, 0.05) is 24.0 Å². The zero-order chi connectivity index (χ0) is 18.9. The van der Waals surface area contributed by atoms with Crippen molar-refractivity contribution in [1.82, 2.24) is 20.2 Å². The molecule has 0 N–H and O–H groups in total. The molecule has 1 fully saturated rings. The molecule has 0 atom stereocenters. The molecule has 5 rings (SSSR count). The van der Waals surface area contributed by atoms with Crippen LogP contribution in [-0.2, 0) is 4.74 Å². The van der Waals surface area contributed by atoms with Crippen molar-refractivity contribution in [2.45, 2.75) is 6.92 Å². The quantitative estimate of drug-likeness (QED) is 0.544. The van der Waals surface area contributed by atoms with Crippen LogP contribution in [0.1, 0.15) is 5.56 Å². The van der Waals surface area contributed by atoms with Crippen LogP contribution < -0.4 is 4.90 Å². The molecular formula is C21H19N5O2. The van der Waals surface area contributed by atoms with Gasteiger partial charge in [0.05, 0.1) is 18.7 Å². The number of aromatic nitrogens is 4. The van der Waals surface area contributed by atoms with Gasteiger partial charge in [-0.15, -0.1) is 10.2 Å². The number of fused-ring (bicyclic) bond motifs is 1. The third-order valence-corrected chi connectivity index (χ3v) is 4.78. The van der Waals surface area contributed by atoms with E-state index < -0.39 is 0 Å². The first-order chi connectivity index (χ1) is 13.8. The van der Waals surface area contributed by atoms with E-state index in [1.807, 2.05) is 55.5 Å². The average Bonchev–Trinajstić information content (AvgIpc) is 3.24. The Bertz CT molecular complexity index is 1130. The minimum Gasteiger partial charge on any atom is -0.413 e. The van der Waals surface area contributed by atoms with Crippen LogP contribution in [0.4, 0.5) is 5.82 Å². The topological polar surface area (TPSA) is 77.2 Å². The van der Waals surface area contributed by atoms with E-state index in [1.165, 1.54) is 0 Å². The van der Waals surface area contributed by atoms with E-state index in [4.69, 9.17) is 14.1 Å². The lowest BCUT2D eigenvalue weighted by Gasteiger charge is -2.28. The molecule has 7 nitrogen and oxygen atoms in total. The second-order valence-electron chi connectivity index (χ2n) is 6.77. The Kier molecular flexibility index (Phi) is 4.21. The summed E-state index contributed by atoms with van der Waals surface area (Å²) in [5.41, 5.74) is 2.87. The van der Waals surface area contributed by atoms with Crippen molar-refractivity contribution >= 4 is 16.7 Å². The summed E-state index contributed by atoms with van der Waals surface area (Å²) in [5.74, 6) is 2.09. The highest BCUT2D eigenvalue weighted by molar-refractivity contribution is 5.90. The largest absolute Gasteiger partial charge is 0.413 e. The Balaban J connectivity index is 1.59. The van der Waals surface area contributed by atoms with Gasteiger partial charge < -0.3 is 14.1 Å². The summed E-state index contributed by atoms with van der Waals surface area (Å²) < 4.78 is 11.4. The normalized spacial score (nSPS) is 14.5. The molecule has 28 heavy (non-hydrogen) atoms. The first kappa shape index (κ1) is 16.8. The summed E-state index contributed by atoms with van der Waals surface area (Å²) in [6.45, 7) is 4.98. The first-order valence-electron chi connectivity index (χ1n) is 9.28. The van der Waals surface area contributed by atoms with Crippen LogP contribution in [0.25, 0.3) is 34.1 Å². The number of benzene rings is 2. The van der Waals surface area contributed by atoms with Gasteiger partial charge in [-0.2, -0.15) is 0 Å². The Morgan fingerprint density at radius 1 is 0.893 bits per heavy atom. The summed E-state index contributed by atoms with van der Waals surface area (Å²) >= 11 is 0. The van der Waals surface area contributed by atoms with Gasteiger partial charge >= 0.3 is 0 Å². The van der Waals surface area contributed by atoms with Crippen LogP contribution in [0.5, 0.6) is 0 Å². The number of hydrogen-bond donors (Lipinski definition) is 0. The van der Waals surface area contributed by atoms with Crippen LogP contribution in [0.2, 0.25) is 0 Å². The van der Waals surface area contributed by atoms with Crippen molar-refractivity contribution < 1.29 is 9.15 Å². The zero-order valence-electron chi connectivity index (χ0n) is 15.5. The van der Waals surface area contributed by atoms with Gasteiger partial charge in [-0.25, -0.2) is 9.97 Å². The van der Waals surface area contributed by atoms with E-state index in [0.717, 1.165) is 40.9 Å². The van der Waals surface area contributed by atoms with Crippen molar-refractivity contribution in [3.8, 4) is 23.2 Å². The monoisotopic (exact) mass is 373 g/mol. The standard InChI is InChI=1S/C21H19N5O2/c1-14-5-4-6-15(13-14)20-24-25-21(28-20)18-22-17-8-3-2-7-16(17)19(23-18)26-9-11-27-12-10-26/h2-8,13H,9-12H2,1H3. The van der Waals surface area contributed by atoms with Gasteiger partial charge in [0.25, 0.3) is 5.89 Å². The molecular weight excluding hydrogens is 354 g/mol. The van der Waals surface area contributed by atoms with Crippen LogP contribution >= 0.6 is 0 Å². The van der Waals surface area contributed by atoms with Crippen molar-refractivity contribution in [2.24, 2.45) is 0 Å². The maximum Gasteiger partial charge on any atom is 0.286 e. The lowest BCUT2D eigenvalue weighted by molar-refractivity contribution is 0.122. The van der Waals surface area contributed by atoms with Crippen LogP contribution in [0, 0.1) is 6.92 Å². The van der Waals surface area contributed by atoms with E-state index in [2.05, 4.69) is 20.1 Å². The van der Waals surface area contributed by atoms with E-state index in [-0.39, 0.29) is 0 Å². The predicted molar refractivity (Wildman–Crippen MR) is 106 cm³/mol. The highest BCUT2D eigenvalue weighted by Gasteiger charge is 2.20. The molecule has 1 saturated heterocycles. The van der Waals surface area contributed by atoms with Gasteiger partial charge in [-0.1, -0.05) is 29.8 Å². The number of nitrogens with zero attached hydrogens (tertiary/aromatic N) is 5. The Morgan fingerprint density at radius 3 is 2.57 bits per heavy atom. The molecule has 7 heteroatoms. The summed E-state index contributed by atoms with van der Waals surface area (Å²) in [6, 6.07) is 15.9. The van der Waals surface area contributed by atoms with E-state index in [0.29, 0.717) is 30.8 Å². The minimum absolute atomic E-state index is 0.316. The average molecular weight is 373 g/mol. The number of morpholine rings is 1. The fraction of sp³-hybridized carbons (Fsp3) is 0.238. The first-order valence-corrected chi connectivity index (χ1v) is 9.28. The van der Waals surface area contributed by atoms with Gasteiger partial charge in [0.15, 0.2) is 0 Å². The van der Waals surface area contributed by atoms with Gasteiger partial charge in [-0.05, 0) is 31.2 Å². The predicted octanol–water partition coefficient (Wildman–Crippen LogP) is 3.49. The lowest BCUT2D eigenvalue weighted by Crippen LogP contribution is -2.37. The molecule has 1 aliphatic rings. The smallest absolute Gasteiger partial charge is 0.286 e. The summed E-state index contributed by atoms with van der Waals surface area (Å²) in [7, 11) is 0. The fourth-order valence-corrected chi connectivity index (χ4v) is 3.38. The maximum atomic E-state index is 5.91. The van der Waals surface area contributed by atoms with E-state index >= 15 is 0 Å². The molecule has 1 aliphatic heterocycles. The molecule has 0 aliphatic carbocycles. The molecule has 0 spiro atoms. The maximum absolute atomic E-state index is 5.91. The van der Waals surface area contributed by atoms with Crippen LogP contribution in [-0.4, -0.2) is 46.5 Å². The molecule has 0 unspecified atom stereocenters. The summed E-state index contributed by atoms with van der Waals surface area (Å²) in [6.07, 6.45) is 0. The minimum atomic E-state index is 0.316. The number of ether oxygens (including phenoxy) is 1. The summed E-state index contributed by atoms with van der Waals surface area (Å²) in [4.78, 5) is 11.7. The molecule has 3 heterocycles. The second kappa shape index (κ2) is 7.01. The number of aryl methyl sites for hydroxylation is 1. The number of hydrogen-bond acceptors (Lipinski definition) is 7. The Labute approximate surface area is 162 Å². The zero-order valence-corrected chi connectivity index (χ0v) is 15.5. The number of rotatable bonds is 3. The van der Waals surface area contributed by atoms with Crippen molar-refractivity contribution in [3.63, 3.8) is 0 Å². The van der Waals surface area contributed by atoms with Gasteiger partial charge in [0.2, 0.25) is 11.7 Å². The Hall–Kier alpha value is -3.32.